The van der Waals surface area contributed by atoms with Gasteiger partial charge in [0.05, 0.1) is 12.2 Å². The van der Waals surface area contributed by atoms with Crippen LogP contribution < -0.4 is 0 Å². The van der Waals surface area contributed by atoms with E-state index in [1.807, 2.05) is 0 Å². The minimum Gasteiger partial charge on any atom is -0.396 e. The van der Waals surface area contributed by atoms with Crippen molar-refractivity contribution in [1.82, 2.24) is 0 Å². The van der Waals surface area contributed by atoms with Gasteiger partial charge in [-0.1, -0.05) is 26.0 Å². The van der Waals surface area contributed by atoms with E-state index >= 15 is 0 Å². The number of fused-ring (bicyclic) bond motifs is 1. The molecule has 0 aromatic carbocycles. The van der Waals surface area contributed by atoms with Crippen molar-refractivity contribution in [3.8, 4) is 6.07 Å². The maximum atomic E-state index is 10.1. The summed E-state index contributed by atoms with van der Waals surface area (Å²) in [7, 11) is 0. The number of hydrogen-bond donors (Lipinski definition) is 2. The van der Waals surface area contributed by atoms with Crippen LogP contribution in [0.25, 0.3) is 0 Å². The van der Waals surface area contributed by atoms with Crippen molar-refractivity contribution < 1.29 is 10.2 Å². The molecule has 134 valence electrons. The molecule has 0 aliphatic heterocycles. The molecule has 3 heteroatoms. The first-order valence-corrected chi connectivity index (χ1v) is 9.71. The van der Waals surface area contributed by atoms with Gasteiger partial charge < -0.3 is 10.2 Å². The highest BCUT2D eigenvalue weighted by Crippen LogP contribution is 2.64. The number of aliphatic hydroxyl groups is 2. The lowest BCUT2D eigenvalue weighted by Gasteiger charge is -2.56. The zero-order chi connectivity index (χ0) is 17.5. The summed E-state index contributed by atoms with van der Waals surface area (Å²) in [6, 6.07) is 2.47. The predicted octanol–water partition coefficient (Wildman–Crippen LogP) is 4.06. The summed E-state index contributed by atoms with van der Waals surface area (Å²) >= 11 is 0. The molecule has 0 radical (unpaired) electrons. The molecule has 0 bridgehead atoms. The Balaban J connectivity index is 1.92. The Morgan fingerprint density at radius 1 is 1.21 bits per heavy atom. The summed E-state index contributed by atoms with van der Waals surface area (Å²) < 4.78 is 0. The van der Waals surface area contributed by atoms with Crippen molar-refractivity contribution in [1.29, 1.82) is 5.26 Å². The average molecular weight is 332 g/mol. The van der Waals surface area contributed by atoms with E-state index in [9.17, 15) is 15.5 Å². The van der Waals surface area contributed by atoms with Gasteiger partial charge in [0.15, 0.2) is 0 Å². The molecule has 3 fully saturated rings. The fraction of sp³-hybridized carbons (Fsp3) is 0.857. The minimum atomic E-state index is -0.273. The molecule has 7 atom stereocenters. The molecular formula is C21H33NO2. The quantitative estimate of drug-likeness (QED) is 0.767. The van der Waals surface area contributed by atoms with Crippen LogP contribution in [0.4, 0.5) is 0 Å². The molecule has 0 aromatic heterocycles. The molecule has 0 aromatic rings. The number of hydrogen-bond acceptors (Lipinski definition) is 3. The molecule has 3 rings (SSSR count). The molecule has 3 aliphatic rings. The smallest absolute Gasteiger partial charge is 0.0624 e. The van der Waals surface area contributed by atoms with Crippen LogP contribution in [0.5, 0.6) is 0 Å². The van der Waals surface area contributed by atoms with E-state index in [-0.39, 0.29) is 29.5 Å². The van der Waals surface area contributed by atoms with Crippen molar-refractivity contribution in [2.24, 2.45) is 34.5 Å². The molecule has 0 heterocycles. The second-order valence-electron chi connectivity index (χ2n) is 9.15. The molecule has 0 unspecified atom stereocenters. The Hall–Kier alpha value is -0.850. The fourth-order valence-corrected chi connectivity index (χ4v) is 6.57. The van der Waals surface area contributed by atoms with Crippen LogP contribution in [0.15, 0.2) is 12.2 Å². The lowest BCUT2D eigenvalue weighted by molar-refractivity contribution is -0.0928. The summed E-state index contributed by atoms with van der Waals surface area (Å²) in [5, 5.41) is 29.5. The first kappa shape index (κ1) is 18.0. The maximum absolute atomic E-state index is 10.1. The highest BCUT2D eigenvalue weighted by atomic mass is 16.3. The van der Waals surface area contributed by atoms with Crippen LogP contribution in [0, 0.1) is 45.8 Å². The third-order valence-corrected chi connectivity index (χ3v) is 8.29. The Kier molecular flexibility index (Phi) is 4.84. The standard InChI is InChI=1S/C21H33NO2/c1-14-4-5-18-17(8-11-22)19(7-10-20(14,18)2)21(3)9-6-16(24)12-15(21)13-23/h15-19,23-24H,1,4-10,12-13H2,2-3H3/t15-,16+,17+,18+,19+,20-,21+/m1/s1. The van der Waals surface area contributed by atoms with Crippen LogP contribution in [0.3, 0.4) is 0 Å². The normalized spacial score (nSPS) is 48.8. The molecule has 2 N–H and O–H groups in total. The van der Waals surface area contributed by atoms with Crippen molar-refractivity contribution in [2.75, 3.05) is 6.61 Å². The first-order valence-electron chi connectivity index (χ1n) is 9.71. The lowest BCUT2D eigenvalue weighted by Crippen LogP contribution is -2.51. The second-order valence-corrected chi connectivity index (χ2v) is 9.15. The van der Waals surface area contributed by atoms with Gasteiger partial charge in [-0.25, -0.2) is 0 Å². The Labute approximate surface area is 146 Å². The van der Waals surface area contributed by atoms with Gasteiger partial charge in [0.25, 0.3) is 0 Å². The lowest BCUT2D eigenvalue weighted by atomic mass is 9.49. The van der Waals surface area contributed by atoms with Gasteiger partial charge in [0.1, 0.15) is 0 Å². The van der Waals surface area contributed by atoms with Gasteiger partial charge in [-0.05, 0) is 79.4 Å². The monoisotopic (exact) mass is 331 g/mol. The number of allylic oxidation sites excluding steroid dienone is 1. The largest absolute Gasteiger partial charge is 0.396 e. The summed E-state index contributed by atoms with van der Waals surface area (Å²) in [5.41, 5.74) is 1.63. The van der Waals surface area contributed by atoms with E-state index in [4.69, 9.17) is 0 Å². The summed E-state index contributed by atoms with van der Waals surface area (Å²) in [4.78, 5) is 0. The van der Waals surface area contributed by atoms with Crippen LogP contribution in [-0.4, -0.2) is 22.9 Å². The zero-order valence-electron chi connectivity index (χ0n) is 15.3. The van der Waals surface area contributed by atoms with E-state index < -0.39 is 0 Å². The number of nitrogens with zero attached hydrogens (tertiary/aromatic N) is 1. The highest BCUT2D eigenvalue weighted by molar-refractivity contribution is 5.21. The predicted molar refractivity (Wildman–Crippen MR) is 95.0 cm³/mol. The fourth-order valence-electron chi connectivity index (χ4n) is 6.57. The van der Waals surface area contributed by atoms with Crippen molar-refractivity contribution in [3.05, 3.63) is 12.2 Å². The first-order chi connectivity index (χ1) is 11.4. The maximum Gasteiger partial charge on any atom is 0.0624 e. The molecule has 3 nitrogen and oxygen atoms in total. The van der Waals surface area contributed by atoms with E-state index in [0.29, 0.717) is 30.6 Å². The Morgan fingerprint density at radius 2 is 1.96 bits per heavy atom. The molecule has 24 heavy (non-hydrogen) atoms. The van der Waals surface area contributed by atoms with Crippen molar-refractivity contribution >= 4 is 0 Å². The number of nitriles is 1. The average Bonchev–Trinajstić information content (AvgIpc) is 2.86. The van der Waals surface area contributed by atoms with Gasteiger partial charge in [0, 0.05) is 13.0 Å². The van der Waals surface area contributed by atoms with Crippen molar-refractivity contribution in [2.45, 2.75) is 71.3 Å². The van der Waals surface area contributed by atoms with Gasteiger partial charge in [0.2, 0.25) is 0 Å². The highest BCUT2D eigenvalue weighted by Gasteiger charge is 2.56. The summed E-state index contributed by atoms with van der Waals surface area (Å²) in [6.07, 6.45) is 7.42. The van der Waals surface area contributed by atoms with Gasteiger partial charge >= 0.3 is 0 Å². The molecule has 3 aliphatic carbocycles. The van der Waals surface area contributed by atoms with Crippen LogP contribution in [0.1, 0.15) is 65.2 Å². The molecule has 3 saturated carbocycles. The van der Waals surface area contributed by atoms with E-state index in [1.165, 1.54) is 18.4 Å². The Morgan fingerprint density at radius 3 is 2.62 bits per heavy atom. The molecular weight excluding hydrogens is 298 g/mol. The molecule has 0 spiro atoms. The van der Waals surface area contributed by atoms with E-state index in [1.54, 1.807) is 0 Å². The van der Waals surface area contributed by atoms with E-state index in [2.05, 4.69) is 26.5 Å². The molecule has 0 saturated heterocycles. The number of rotatable bonds is 3. The number of aliphatic hydroxyl groups excluding tert-OH is 2. The van der Waals surface area contributed by atoms with Crippen LogP contribution in [-0.2, 0) is 0 Å². The third-order valence-electron chi connectivity index (χ3n) is 8.29. The Bertz CT molecular complexity index is 538. The van der Waals surface area contributed by atoms with Gasteiger partial charge in [-0.2, -0.15) is 5.26 Å². The van der Waals surface area contributed by atoms with Gasteiger partial charge in [-0.15, -0.1) is 0 Å². The zero-order valence-corrected chi connectivity index (χ0v) is 15.3. The van der Waals surface area contributed by atoms with Crippen LogP contribution in [0.2, 0.25) is 0 Å². The minimum absolute atomic E-state index is 0.0424. The molecule has 0 amide bonds. The van der Waals surface area contributed by atoms with Gasteiger partial charge in [-0.3, -0.25) is 0 Å². The topological polar surface area (TPSA) is 64.2 Å². The third kappa shape index (κ3) is 2.63. The van der Waals surface area contributed by atoms with E-state index in [0.717, 1.165) is 25.7 Å². The second kappa shape index (κ2) is 6.46. The summed E-state index contributed by atoms with van der Waals surface area (Å²) in [5.74, 6) is 1.60. The van der Waals surface area contributed by atoms with Crippen molar-refractivity contribution in [3.63, 3.8) is 0 Å². The summed E-state index contributed by atoms with van der Waals surface area (Å²) in [6.45, 7) is 9.18. The SMILES string of the molecule is C=C1CC[C@H]2[C@H](CC#N)[C@@H]([C@@]3(C)CC[C@H](O)C[C@@H]3CO)CC[C@]12C. The van der Waals surface area contributed by atoms with Crippen LogP contribution >= 0.6 is 0 Å².